The van der Waals surface area contributed by atoms with Crippen LogP contribution in [0.25, 0.3) is 0 Å². The minimum atomic E-state index is 0.0499. The number of piperazine rings is 1. The van der Waals surface area contributed by atoms with Crippen LogP contribution in [0.4, 0.5) is 10.6 Å². The van der Waals surface area contributed by atoms with Gasteiger partial charge in [0.1, 0.15) is 0 Å². The van der Waals surface area contributed by atoms with E-state index in [9.17, 15) is 4.79 Å². The molecule has 2 aliphatic heterocycles. The number of rotatable bonds is 2. The van der Waals surface area contributed by atoms with Crippen LogP contribution in [-0.4, -0.2) is 71.8 Å². The molecule has 1 aromatic heterocycles. The second-order valence-corrected chi connectivity index (χ2v) is 7.57. The SMILES string of the molecule is CN1CCN(c2cc3c(nn2)CCN(C(=O)NC2CC=CCC2)C3)CC1. The number of hydrogen-bond acceptors (Lipinski definition) is 5. The summed E-state index contributed by atoms with van der Waals surface area (Å²) in [6, 6.07) is 2.45. The van der Waals surface area contributed by atoms with Crippen LogP contribution >= 0.6 is 0 Å². The predicted octanol–water partition coefficient (Wildman–Crippen LogP) is 1.40. The standard InChI is InChI=1S/C19H28N6O/c1-23-9-11-24(12-10-23)18-13-15-14-25(8-7-17(15)21-22-18)19(26)20-16-5-3-2-4-6-16/h2-3,13,16H,4-12,14H2,1H3,(H,20,26). The lowest BCUT2D eigenvalue weighted by atomic mass is 10.0. The van der Waals surface area contributed by atoms with Crippen LogP contribution in [0, 0.1) is 0 Å². The highest BCUT2D eigenvalue weighted by atomic mass is 16.2. The fourth-order valence-corrected chi connectivity index (χ4v) is 3.87. The van der Waals surface area contributed by atoms with Gasteiger partial charge in [0.25, 0.3) is 0 Å². The Hall–Kier alpha value is -2.15. The van der Waals surface area contributed by atoms with Crippen molar-refractivity contribution in [2.75, 3.05) is 44.7 Å². The highest BCUT2D eigenvalue weighted by Crippen LogP contribution is 2.22. The maximum atomic E-state index is 12.6. The Morgan fingerprint density at radius 2 is 2.00 bits per heavy atom. The average Bonchev–Trinajstić information content (AvgIpc) is 2.68. The van der Waals surface area contributed by atoms with Crippen LogP contribution in [0.15, 0.2) is 18.2 Å². The molecule has 1 atom stereocenters. The molecule has 0 saturated carbocycles. The molecule has 1 unspecified atom stereocenters. The number of carbonyl (C=O) groups excluding carboxylic acids is 1. The lowest BCUT2D eigenvalue weighted by Gasteiger charge is -2.34. The molecule has 2 amide bonds. The largest absolute Gasteiger partial charge is 0.353 e. The molecule has 7 heteroatoms. The number of aromatic nitrogens is 2. The third-order valence-corrected chi connectivity index (χ3v) is 5.64. The van der Waals surface area contributed by atoms with Crippen LogP contribution in [0.1, 0.15) is 30.5 Å². The lowest BCUT2D eigenvalue weighted by molar-refractivity contribution is 0.186. The zero-order valence-electron chi connectivity index (χ0n) is 15.5. The third kappa shape index (κ3) is 3.82. The molecule has 0 spiro atoms. The summed E-state index contributed by atoms with van der Waals surface area (Å²) in [5.41, 5.74) is 2.17. The molecule has 140 valence electrons. The van der Waals surface area contributed by atoms with Crippen LogP contribution in [-0.2, 0) is 13.0 Å². The molecular formula is C19H28N6O. The molecule has 1 aromatic rings. The van der Waals surface area contributed by atoms with Gasteiger partial charge >= 0.3 is 6.03 Å². The highest BCUT2D eigenvalue weighted by Gasteiger charge is 2.25. The molecule has 3 aliphatic rings. The molecule has 1 aliphatic carbocycles. The first-order valence-electron chi connectivity index (χ1n) is 9.68. The summed E-state index contributed by atoms with van der Waals surface area (Å²) in [5.74, 6) is 0.941. The summed E-state index contributed by atoms with van der Waals surface area (Å²) >= 11 is 0. The van der Waals surface area contributed by atoms with E-state index in [1.165, 1.54) is 0 Å². The van der Waals surface area contributed by atoms with Crippen molar-refractivity contribution in [2.24, 2.45) is 0 Å². The first kappa shape index (κ1) is 17.3. The fraction of sp³-hybridized carbons (Fsp3) is 0.632. The summed E-state index contributed by atoms with van der Waals surface area (Å²) < 4.78 is 0. The first-order chi connectivity index (χ1) is 12.7. The van der Waals surface area contributed by atoms with Crippen LogP contribution in [0.2, 0.25) is 0 Å². The molecule has 0 radical (unpaired) electrons. The second kappa shape index (κ2) is 7.61. The van der Waals surface area contributed by atoms with Gasteiger partial charge in [-0.2, -0.15) is 5.10 Å². The highest BCUT2D eigenvalue weighted by molar-refractivity contribution is 5.75. The number of hydrogen-bond donors (Lipinski definition) is 1. The van der Waals surface area contributed by atoms with Crippen molar-refractivity contribution < 1.29 is 4.79 Å². The number of urea groups is 1. The topological polar surface area (TPSA) is 64.6 Å². The number of carbonyl (C=O) groups is 1. The molecule has 3 heterocycles. The summed E-state index contributed by atoms with van der Waals surface area (Å²) in [6.45, 7) is 5.38. The van der Waals surface area contributed by atoms with E-state index in [0.717, 1.165) is 68.9 Å². The summed E-state index contributed by atoms with van der Waals surface area (Å²) in [5, 5.41) is 12.1. The Morgan fingerprint density at radius 1 is 1.15 bits per heavy atom. The lowest BCUT2D eigenvalue weighted by Crippen LogP contribution is -2.47. The number of amides is 2. The van der Waals surface area contributed by atoms with E-state index in [1.807, 2.05) is 4.90 Å². The van der Waals surface area contributed by atoms with Gasteiger partial charge in [-0.25, -0.2) is 4.79 Å². The van der Waals surface area contributed by atoms with Crippen molar-refractivity contribution in [2.45, 2.75) is 38.3 Å². The molecule has 1 saturated heterocycles. The van der Waals surface area contributed by atoms with E-state index >= 15 is 0 Å². The van der Waals surface area contributed by atoms with E-state index in [-0.39, 0.29) is 12.1 Å². The minimum Gasteiger partial charge on any atom is -0.353 e. The van der Waals surface area contributed by atoms with E-state index in [0.29, 0.717) is 13.1 Å². The Bertz CT molecular complexity index is 683. The number of nitrogens with zero attached hydrogens (tertiary/aromatic N) is 5. The molecule has 4 rings (SSSR count). The quantitative estimate of drug-likeness (QED) is 0.812. The Labute approximate surface area is 155 Å². The number of fused-ring (bicyclic) bond motifs is 1. The van der Waals surface area contributed by atoms with Crippen molar-refractivity contribution in [3.05, 3.63) is 29.5 Å². The monoisotopic (exact) mass is 356 g/mol. The van der Waals surface area contributed by atoms with Gasteiger partial charge in [0.2, 0.25) is 0 Å². The van der Waals surface area contributed by atoms with Crippen LogP contribution < -0.4 is 10.2 Å². The third-order valence-electron chi connectivity index (χ3n) is 5.64. The summed E-state index contributed by atoms with van der Waals surface area (Å²) in [6.07, 6.45) is 8.16. The Kier molecular flexibility index (Phi) is 5.06. The van der Waals surface area contributed by atoms with Crippen molar-refractivity contribution in [3.63, 3.8) is 0 Å². The fourth-order valence-electron chi connectivity index (χ4n) is 3.87. The van der Waals surface area contributed by atoms with Crippen molar-refractivity contribution in [1.29, 1.82) is 0 Å². The predicted molar refractivity (Wildman–Crippen MR) is 101 cm³/mol. The molecule has 7 nitrogen and oxygen atoms in total. The number of nitrogens with one attached hydrogen (secondary N) is 1. The van der Waals surface area contributed by atoms with Gasteiger partial charge < -0.3 is 20.0 Å². The Balaban J connectivity index is 1.41. The van der Waals surface area contributed by atoms with Gasteiger partial charge in [-0.05, 0) is 37.9 Å². The van der Waals surface area contributed by atoms with E-state index < -0.39 is 0 Å². The van der Waals surface area contributed by atoms with E-state index in [1.54, 1.807) is 0 Å². The number of anilines is 1. The van der Waals surface area contributed by atoms with E-state index in [4.69, 9.17) is 0 Å². The zero-order chi connectivity index (χ0) is 17.9. The molecular weight excluding hydrogens is 328 g/mol. The number of allylic oxidation sites excluding steroid dienone is 1. The van der Waals surface area contributed by atoms with Crippen molar-refractivity contribution in [3.8, 4) is 0 Å². The molecule has 1 N–H and O–H groups in total. The maximum absolute atomic E-state index is 12.6. The van der Waals surface area contributed by atoms with Crippen molar-refractivity contribution >= 4 is 11.8 Å². The smallest absolute Gasteiger partial charge is 0.317 e. The maximum Gasteiger partial charge on any atom is 0.317 e. The minimum absolute atomic E-state index is 0.0499. The van der Waals surface area contributed by atoms with Crippen LogP contribution in [0.5, 0.6) is 0 Å². The first-order valence-corrected chi connectivity index (χ1v) is 9.68. The van der Waals surface area contributed by atoms with Gasteiger partial charge in [-0.1, -0.05) is 12.2 Å². The van der Waals surface area contributed by atoms with Gasteiger partial charge in [0.15, 0.2) is 5.82 Å². The molecule has 26 heavy (non-hydrogen) atoms. The normalized spacial score (nSPS) is 23.7. The molecule has 0 aromatic carbocycles. The second-order valence-electron chi connectivity index (χ2n) is 7.57. The van der Waals surface area contributed by atoms with Crippen LogP contribution in [0.3, 0.4) is 0 Å². The molecule has 1 fully saturated rings. The summed E-state index contributed by atoms with van der Waals surface area (Å²) in [4.78, 5) is 19.2. The molecule has 0 bridgehead atoms. The average molecular weight is 356 g/mol. The van der Waals surface area contributed by atoms with Gasteiger partial charge in [-0.3, -0.25) is 0 Å². The Morgan fingerprint density at radius 3 is 2.77 bits per heavy atom. The van der Waals surface area contributed by atoms with Gasteiger partial charge in [0, 0.05) is 51.7 Å². The van der Waals surface area contributed by atoms with E-state index in [2.05, 4.69) is 50.6 Å². The zero-order valence-corrected chi connectivity index (χ0v) is 15.5. The van der Waals surface area contributed by atoms with Gasteiger partial charge in [0.05, 0.1) is 5.69 Å². The summed E-state index contributed by atoms with van der Waals surface area (Å²) in [7, 11) is 2.15. The van der Waals surface area contributed by atoms with Gasteiger partial charge in [-0.15, -0.1) is 5.10 Å². The number of likely N-dealkylation sites (N-methyl/N-ethyl adjacent to an activating group) is 1. The van der Waals surface area contributed by atoms with Crippen molar-refractivity contribution in [1.82, 2.24) is 25.3 Å².